The number of aliphatic hydroxyl groups is 1. The molecule has 4 nitrogen and oxygen atoms in total. The van der Waals surface area contributed by atoms with Crippen molar-refractivity contribution in [2.75, 3.05) is 0 Å². The van der Waals surface area contributed by atoms with E-state index in [0.717, 1.165) is 37.0 Å². The van der Waals surface area contributed by atoms with Crippen molar-refractivity contribution < 1.29 is 19.4 Å². The van der Waals surface area contributed by atoms with Crippen molar-refractivity contribution in [2.45, 2.75) is 75.6 Å². The minimum absolute atomic E-state index is 0.0420. The Morgan fingerprint density at radius 1 is 1.33 bits per heavy atom. The van der Waals surface area contributed by atoms with Crippen LogP contribution in [0.25, 0.3) is 0 Å². The van der Waals surface area contributed by atoms with Gasteiger partial charge < -0.3 is 14.6 Å². The lowest BCUT2D eigenvalue weighted by Crippen LogP contribution is -2.69. The van der Waals surface area contributed by atoms with Crippen LogP contribution in [-0.4, -0.2) is 28.7 Å². The van der Waals surface area contributed by atoms with Crippen LogP contribution in [0.3, 0.4) is 0 Å². The fourth-order valence-corrected chi connectivity index (χ4v) is 5.97. The van der Waals surface area contributed by atoms with Gasteiger partial charge in [0.05, 0.1) is 17.1 Å². The van der Waals surface area contributed by atoms with Gasteiger partial charge in [-0.05, 0) is 57.1 Å². The fraction of sp³-hybridized carbons (Fsp3) is 0.650. The maximum atomic E-state index is 12.7. The van der Waals surface area contributed by atoms with Crippen LogP contribution in [0, 0.1) is 5.92 Å². The van der Waals surface area contributed by atoms with E-state index in [1.807, 2.05) is 19.9 Å². The molecule has 1 aromatic rings. The Morgan fingerprint density at radius 2 is 2.17 bits per heavy atom. The molecule has 4 atom stereocenters. The summed E-state index contributed by atoms with van der Waals surface area (Å²) in [6.45, 7) is 3.98. The predicted octanol–water partition coefficient (Wildman–Crippen LogP) is 2.92. The van der Waals surface area contributed by atoms with Gasteiger partial charge in [0, 0.05) is 12.0 Å². The van der Waals surface area contributed by atoms with Crippen molar-refractivity contribution in [1.82, 2.24) is 0 Å². The molecule has 2 bridgehead atoms. The summed E-state index contributed by atoms with van der Waals surface area (Å²) in [5.41, 5.74) is 0.966. The van der Waals surface area contributed by atoms with E-state index in [2.05, 4.69) is 6.07 Å². The first-order valence-electron chi connectivity index (χ1n) is 9.22. The SMILES string of the molecule is CC(C)Oc1ccc2c3c1O[C@H]1C(=O)CC[C@@]4(O)[C@H](CCC[C@]314)C2. The van der Waals surface area contributed by atoms with Gasteiger partial charge in [0.2, 0.25) is 0 Å². The molecular weight excluding hydrogens is 304 g/mol. The van der Waals surface area contributed by atoms with Gasteiger partial charge in [0.15, 0.2) is 23.4 Å². The summed E-state index contributed by atoms with van der Waals surface area (Å²) in [6, 6.07) is 4.10. The summed E-state index contributed by atoms with van der Waals surface area (Å²) in [5, 5.41) is 11.7. The van der Waals surface area contributed by atoms with Crippen LogP contribution in [0.2, 0.25) is 0 Å². The number of benzene rings is 1. The van der Waals surface area contributed by atoms with Gasteiger partial charge in [0.1, 0.15) is 0 Å². The third-order valence-electron chi connectivity index (χ3n) is 6.78. The number of hydrogen-bond acceptors (Lipinski definition) is 4. The average Bonchev–Trinajstić information content (AvgIpc) is 2.87. The predicted molar refractivity (Wildman–Crippen MR) is 88.5 cm³/mol. The molecule has 1 N–H and O–H groups in total. The number of rotatable bonds is 2. The van der Waals surface area contributed by atoms with Crippen molar-refractivity contribution in [3.05, 3.63) is 23.3 Å². The molecule has 1 aliphatic heterocycles. The molecule has 4 heteroatoms. The van der Waals surface area contributed by atoms with Crippen LogP contribution >= 0.6 is 0 Å². The minimum atomic E-state index is -0.807. The molecule has 1 spiro atoms. The largest absolute Gasteiger partial charge is 0.487 e. The van der Waals surface area contributed by atoms with Gasteiger partial charge in [-0.3, -0.25) is 4.79 Å². The molecule has 1 aromatic carbocycles. The Morgan fingerprint density at radius 3 is 2.96 bits per heavy atom. The van der Waals surface area contributed by atoms with Crippen LogP contribution in [0.4, 0.5) is 0 Å². The van der Waals surface area contributed by atoms with E-state index < -0.39 is 17.1 Å². The van der Waals surface area contributed by atoms with E-state index >= 15 is 0 Å². The topological polar surface area (TPSA) is 55.8 Å². The van der Waals surface area contributed by atoms with E-state index in [4.69, 9.17) is 9.47 Å². The van der Waals surface area contributed by atoms with Crippen LogP contribution in [0.5, 0.6) is 11.5 Å². The molecule has 2 fully saturated rings. The Labute approximate surface area is 142 Å². The maximum absolute atomic E-state index is 12.7. The highest BCUT2D eigenvalue weighted by molar-refractivity contribution is 5.89. The first-order chi connectivity index (χ1) is 11.5. The second kappa shape index (κ2) is 4.54. The van der Waals surface area contributed by atoms with E-state index in [1.54, 1.807) is 0 Å². The highest BCUT2D eigenvalue weighted by Gasteiger charge is 2.71. The van der Waals surface area contributed by atoms with Crippen molar-refractivity contribution in [3.63, 3.8) is 0 Å². The van der Waals surface area contributed by atoms with E-state index in [1.165, 1.54) is 5.56 Å². The monoisotopic (exact) mass is 328 g/mol. The van der Waals surface area contributed by atoms with Crippen LogP contribution in [0.1, 0.15) is 57.1 Å². The molecule has 5 rings (SSSR count). The molecule has 1 heterocycles. The molecule has 4 aliphatic rings. The number of ether oxygens (including phenoxy) is 2. The first-order valence-corrected chi connectivity index (χ1v) is 9.22. The summed E-state index contributed by atoms with van der Waals surface area (Å²) < 4.78 is 12.2. The molecule has 24 heavy (non-hydrogen) atoms. The van der Waals surface area contributed by atoms with Crippen molar-refractivity contribution in [2.24, 2.45) is 5.92 Å². The average molecular weight is 328 g/mol. The third kappa shape index (κ3) is 1.52. The van der Waals surface area contributed by atoms with Crippen molar-refractivity contribution in [1.29, 1.82) is 0 Å². The van der Waals surface area contributed by atoms with E-state index in [0.29, 0.717) is 18.6 Å². The standard InChI is InChI=1S/C20H24O4/c1-11(2)23-15-6-5-12-10-13-4-3-8-19-16(12)17(15)24-18(19)14(21)7-9-20(13,19)22/h5-6,11,13,18,22H,3-4,7-10H2,1-2H3/t13-,18+,19+,20-/m1/s1. The van der Waals surface area contributed by atoms with Gasteiger partial charge in [-0.2, -0.15) is 0 Å². The number of carbonyl (C=O) groups is 1. The molecule has 0 saturated heterocycles. The Hall–Kier alpha value is -1.55. The molecule has 0 radical (unpaired) electrons. The zero-order chi connectivity index (χ0) is 16.7. The second-order valence-corrected chi connectivity index (χ2v) is 8.25. The lowest BCUT2D eigenvalue weighted by atomic mass is 9.46. The van der Waals surface area contributed by atoms with Gasteiger partial charge in [-0.15, -0.1) is 0 Å². The summed E-state index contributed by atoms with van der Waals surface area (Å²) in [6.07, 6.45) is 4.30. The fourth-order valence-electron chi connectivity index (χ4n) is 5.97. The molecular formula is C20H24O4. The van der Waals surface area contributed by atoms with Gasteiger partial charge in [0.25, 0.3) is 0 Å². The summed E-state index contributed by atoms with van der Waals surface area (Å²) in [5.74, 6) is 1.81. The van der Waals surface area contributed by atoms with Gasteiger partial charge in [-0.1, -0.05) is 12.5 Å². The molecule has 0 unspecified atom stereocenters. The molecule has 0 amide bonds. The Kier molecular flexibility index (Phi) is 2.79. The minimum Gasteiger partial charge on any atom is -0.487 e. The van der Waals surface area contributed by atoms with Crippen molar-refractivity contribution >= 4 is 5.78 Å². The van der Waals surface area contributed by atoms with Crippen molar-refractivity contribution in [3.8, 4) is 11.5 Å². The van der Waals surface area contributed by atoms with Crippen LogP contribution in [-0.2, 0) is 16.6 Å². The van der Waals surface area contributed by atoms with Crippen LogP contribution in [0.15, 0.2) is 12.1 Å². The Bertz CT molecular complexity index is 739. The zero-order valence-electron chi connectivity index (χ0n) is 14.3. The molecule has 128 valence electrons. The smallest absolute Gasteiger partial charge is 0.174 e. The molecule has 3 aliphatic carbocycles. The zero-order valence-corrected chi connectivity index (χ0v) is 14.3. The van der Waals surface area contributed by atoms with Gasteiger partial charge in [-0.25, -0.2) is 0 Å². The lowest BCUT2D eigenvalue weighted by Gasteiger charge is -2.59. The summed E-state index contributed by atoms with van der Waals surface area (Å²) in [7, 11) is 0. The molecule has 0 aromatic heterocycles. The van der Waals surface area contributed by atoms with E-state index in [9.17, 15) is 9.90 Å². The first kappa shape index (κ1) is 14.8. The van der Waals surface area contributed by atoms with Gasteiger partial charge >= 0.3 is 0 Å². The molecule has 2 saturated carbocycles. The summed E-state index contributed by atoms with van der Waals surface area (Å²) in [4.78, 5) is 12.7. The Balaban J connectivity index is 1.79. The number of ketones is 1. The third-order valence-corrected chi connectivity index (χ3v) is 6.78. The summed E-state index contributed by atoms with van der Waals surface area (Å²) >= 11 is 0. The van der Waals surface area contributed by atoms with Crippen LogP contribution < -0.4 is 9.47 Å². The van der Waals surface area contributed by atoms with E-state index in [-0.39, 0.29) is 17.8 Å². The quantitative estimate of drug-likeness (QED) is 0.907. The highest BCUT2D eigenvalue weighted by Crippen LogP contribution is 2.66. The lowest BCUT2D eigenvalue weighted by molar-refractivity contribution is -0.177. The number of Topliss-reactive ketones (excluding diaryl/α,β-unsaturated/α-hetero) is 1. The number of hydrogen-bond donors (Lipinski definition) is 1. The second-order valence-electron chi connectivity index (χ2n) is 8.25. The normalized spacial score (nSPS) is 38.8. The highest BCUT2D eigenvalue weighted by atomic mass is 16.5. The maximum Gasteiger partial charge on any atom is 0.174 e. The number of carbonyl (C=O) groups excluding carboxylic acids is 1.